The first kappa shape index (κ1) is 14.7. The van der Waals surface area contributed by atoms with E-state index in [0.717, 1.165) is 24.2 Å². The van der Waals surface area contributed by atoms with E-state index in [0.29, 0.717) is 16.9 Å². The molecule has 0 bridgehead atoms. The molecule has 1 aliphatic carbocycles. The summed E-state index contributed by atoms with van der Waals surface area (Å²) in [5, 5.41) is 10.5. The number of aliphatic hydroxyl groups excluding tert-OH is 1. The average Bonchev–Trinajstić information content (AvgIpc) is 2.30. The van der Waals surface area contributed by atoms with Crippen molar-refractivity contribution >= 4 is 11.6 Å². The molecular weight excluding hydrogens is 260 g/mol. The summed E-state index contributed by atoms with van der Waals surface area (Å²) in [7, 11) is 0. The number of hydrogen-bond donors (Lipinski definition) is 1. The molecule has 0 aromatic heterocycles. The summed E-state index contributed by atoms with van der Waals surface area (Å²) < 4.78 is 6.12. The van der Waals surface area contributed by atoms with Crippen molar-refractivity contribution in [3.05, 3.63) is 28.8 Å². The van der Waals surface area contributed by atoms with Gasteiger partial charge in [0.15, 0.2) is 0 Å². The molecule has 1 saturated carbocycles. The maximum absolute atomic E-state index is 9.82. The third-order valence-corrected chi connectivity index (χ3v) is 4.09. The number of hydrogen-bond acceptors (Lipinski definition) is 2. The highest BCUT2D eigenvalue weighted by Gasteiger charge is 2.26. The molecule has 0 saturated heterocycles. The molecule has 1 aromatic carbocycles. The van der Waals surface area contributed by atoms with E-state index in [9.17, 15) is 5.11 Å². The smallest absolute Gasteiger partial charge is 0.125 e. The molecule has 0 radical (unpaired) electrons. The number of benzene rings is 1. The van der Waals surface area contributed by atoms with Gasteiger partial charge >= 0.3 is 0 Å². The van der Waals surface area contributed by atoms with Gasteiger partial charge in [-0.2, -0.15) is 0 Å². The van der Waals surface area contributed by atoms with Crippen molar-refractivity contribution < 1.29 is 9.84 Å². The van der Waals surface area contributed by atoms with Gasteiger partial charge in [0.05, 0.1) is 12.2 Å². The molecule has 3 atom stereocenters. The molecule has 1 aromatic rings. The first-order valence-corrected chi connectivity index (χ1v) is 7.47. The molecule has 0 aliphatic heterocycles. The number of halogens is 1. The highest BCUT2D eigenvalue weighted by atomic mass is 35.5. The Bertz CT molecular complexity index is 421. The first-order chi connectivity index (χ1) is 8.95. The SMILES string of the molecule is CC1CC(C)CC(Oc2ccc(Cl)cc2[C@@H](C)O)C1. The Morgan fingerprint density at radius 1 is 1.21 bits per heavy atom. The molecule has 2 nitrogen and oxygen atoms in total. The third-order valence-electron chi connectivity index (χ3n) is 3.85. The van der Waals surface area contributed by atoms with E-state index in [1.54, 1.807) is 13.0 Å². The second-order valence-electron chi connectivity index (χ2n) is 6.02. The molecular formula is C16H23ClO2. The largest absolute Gasteiger partial charge is 0.490 e. The van der Waals surface area contributed by atoms with E-state index in [-0.39, 0.29) is 6.10 Å². The van der Waals surface area contributed by atoms with Crippen LogP contribution in [0.2, 0.25) is 5.02 Å². The predicted octanol–water partition coefficient (Wildman–Crippen LogP) is 4.60. The van der Waals surface area contributed by atoms with Crippen LogP contribution in [-0.2, 0) is 0 Å². The fourth-order valence-electron chi connectivity index (χ4n) is 3.10. The summed E-state index contributed by atoms with van der Waals surface area (Å²) in [4.78, 5) is 0. The summed E-state index contributed by atoms with van der Waals surface area (Å²) in [5.41, 5.74) is 0.776. The Hall–Kier alpha value is -0.730. The second kappa shape index (κ2) is 6.15. The van der Waals surface area contributed by atoms with Gasteiger partial charge in [0.2, 0.25) is 0 Å². The van der Waals surface area contributed by atoms with Crippen molar-refractivity contribution in [3.63, 3.8) is 0 Å². The van der Waals surface area contributed by atoms with Crippen LogP contribution in [0.15, 0.2) is 18.2 Å². The van der Waals surface area contributed by atoms with Gasteiger partial charge in [0.1, 0.15) is 5.75 Å². The molecule has 0 amide bonds. The second-order valence-corrected chi connectivity index (χ2v) is 6.45. The van der Waals surface area contributed by atoms with E-state index < -0.39 is 6.10 Å². The molecule has 2 unspecified atom stereocenters. The van der Waals surface area contributed by atoms with E-state index >= 15 is 0 Å². The minimum absolute atomic E-state index is 0.248. The topological polar surface area (TPSA) is 29.5 Å². The van der Waals surface area contributed by atoms with Crippen LogP contribution in [0.1, 0.15) is 51.7 Å². The highest BCUT2D eigenvalue weighted by molar-refractivity contribution is 6.30. The van der Waals surface area contributed by atoms with E-state index in [1.165, 1.54) is 6.42 Å². The minimum atomic E-state index is -0.563. The number of rotatable bonds is 3. The van der Waals surface area contributed by atoms with Gasteiger partial charge in [0.25, 0.3) is 0 Å². The lowest BCUT2D eigenvalue weighted by Crippen LogP contribution is -2.28. The van der Waals surface area contributed by atoms with Crippen LogP contribution in [0, 0.1) is 11.8 Å². The molecule has 0 heterocycles. The summed E-state index contributed by atoms with van der Waals surface area (Å²) in [6.07, 6.45) is 3.15. The van der Waals surface area contributed by atoms with Crippen LogP contribution in [0.4, 0.5) is 0 Å². The normalized spacial score (nSPS) is 29.0. The lowest BCUT2D eigenvalue weighted by atomic mass is 9.82. The molecule has 1 aliphatic rings. The van der Waals surface area contributed by atoms with Gasteiger partial charge < -0.3 is 9.84 Å². The van der Waals surface area contributed by atoms with Crippen molar-refractivity contribution in [2.75, 3.05) is 0 Å². The van der Waals surface area contributed by atoms with Crippen LogP contribution in [0.3, 0.4) is 0 Å². The minimum Gasteiger partial charge on any atom is -0.490 e. The zero-order valence-electron chi connectivity index (χ0n) is 11.9. The Balaban J connectivity index is 2.14. The van der Waals surface area contributed by atoms with Crippen LogP contribution >= 0.6 is 11.6 Å². The van der Waals surface area contributed by atoms with Gasteiger partial charge in [-0.25, -0.2) is 0 Å². The van der Waals surface area contributed by atoms with E-state index in [4.69, 9.17) is 16.3 Å². The zero-order chi connectivity index (χ0) is 14.0. The van der Waals surface area contributed by atoms with Crippen molar-refractivity contribution in [2.45, 2.75) is 52.2 Å². The van der Waals surface area contributed by atoms with Crippen LogP contribution in [-0.4, -0.2) is 11.2 Å². The van der Waals surface area contributed by atoms with Gasteiger partial charge in [-0.05, 0) is 56.2 Å². The Kier molecular flexibility index (Phi) is 4.75. The Morgan fingerprint density at radius 3 is 2.42 bits per heavy atom. The van der Waals surface area contributed by atoms with Gasteiger partial charge in [-0.1, -0.05) is 25.4 Å². The molecule has 1 N–H and O–H groups in total. The third kappa shape index (κ3) is 3.87. The molecule has 106 valence electrons. The Labute approximate surface area is 120 Å². The summed E-state index contributed by atoms with van der Waals surface area (Å²) in [5.74, 6) is 2.18. The fourth-order valence-corrected chi connectivity index (χ4v) is 3.28. The van der Waals surface area contributed by atoms with Crippen molar-refractivity contribution in [1.82, 2.24) is 0 Å². The van der Waals surface area contributed by atoms with Crippen LogP contribution in [0.25, 0.3) is 0 Å². The molecule has 1 fully saturated rings. The quantitative estimate of drug-likeness (QED) is 0.878. The zero-order valence-corrected chi connectivity index (χ0v) is 12.7. The average molecular weight is 283 g/mol. The fraction of sp³-hybridized carbons (Fsp3) is 0.625. The van der Waals surface area contributed by atoms with Crippen molar-refractivity contribution in [1.29, 1.82) is 0 Å². The lowest BCUT2D eigenvalue weighted by molar-refractivity contribution is 0.0960. The maximum Gasteiger partial charge on any atom is 0.125 e. The van der Waals surface area contributed by atoms with E-state index in [2.05, 4.69) is 13.8 Å². The number of aliphatic hydroxyl groups is 1. The maximum atomic E-state index is 9.82. The van der Waals surface area contributed by atoms with E-state index in [1.807, 2.05) is 12.1 Å². The molecule has 0 spiro atoms. The predicted molar refractivity (Wildman–Crippen MR) is 78.7 cm³/mol. The molecule has 2 rings (SSSR count). The van der Waals surface area contributed by atoms with Crippen LogP contribution in [0.5, 0.6) is 5.75 Å². The lowest BCUT2D eigenvalue weighted by Gasteiger charge is -2.32. The number of ether oxygens (including phenoxy) is 1. The standard InChI is InChI=1S/C16H23ClO2/c1-10-6-11(2)8-14(7-10)19-16-5-4-13(17)9-15(16)12(3)18/h4-5,9-12,14,18H,6-8H2,1-3H3/t10?,11?,12-,14?/m1/s1. The summed E-state index contributed by atoms with van der Waals surface area (Å²) in [6, 6.07) is 5.48. The first-order valence-electron chi connectivity index (χ1n) is 7.10. The molecule has 3 heteroatoms. The van der Waals surface area contributed by atoms with Gasteiger partial charge in [-0.15, -0.1) is 0 Å². The Morgan fingerprint density at radius 2 is 1.84 bits per heavy atom. The highest BCUT2D eigenvalue weighted by Crippen LogP contribution is 2.34. The monoisotopic (exact) mass is 282 g/mol. The van der Waals surface area contributed by atoms with Gasteiger partial charge in [-0.3, -0.25) is 0 Å². The van der Waals surface area contributed by atoms with Crippen LogP contribution < -0.4 is 4.74 Å². The van der Waals surface area contributed by atoms with Crippen molar-refractivity contribution in [2.24, 2.45) is 11.8 Å². The van der Waals surface area contributed by atoms with Gasteiger partial charge in [0, 0.05) is 10.6 Å². The summed E-state index contributed by atoms with van der Waals surface area (Å²) in [6.45, 7) is 6.30. The molecule has 19 heavy (non-hydrogen) atoms. The van der Waals surface area contributed by atoms with Crippen molar-refractivity contribution in [3.8, 4) is 5.75 Å². The summed E-state index contributed by atoms with van der Waals surface area (Å²) >= 11 is 5.98.